The lowest BCUT2D eigenvalue weighted by atomic mass is 10.1. The second-order valence-corrected chi connectivity index (χ2v) is 3.72. The van der Waals surface area contributed by atoms with Crippen LogP contribution in [0.25, 0.3) is 10.1 Å². The lowest BCUT2D eigenvalue weighted by Crippen LogP contribution is -1.91. The van der Waals surface area contributed by atoms with Crippen LogP contribution in [-0.2, 0) is 0 Å². The summed E-state index contributed by atoms with van der Waals surface area (Å²) in [6.07, 6.45) is 0.714. The summed E-state index contributed by atoms with van der Waals surface area (Å²) >= 11 is 1.18. The van der Waals surface area contributed by atoms with Crippen LogP contribution in [0.2, 0.25) is 0 Å². The van der Waals surface area contributed by atoms with Gasteiger partial charge in [-0.2, -0.15) is 0 Å². The number of nitrogens with two attached hydrogens (primary N) is 1. The molecule has 0 bridgehead atoms. The monoisotopic (exact) mass is 193 g/mol. The van der Waals surface area contributed by atoms with Crippen LogP contribution in [0.5, 0.6) is 5.06 Å². The molecule has 0 saturated carbocycles. The van der Waals surface area contributed by atoms with E-state index in [1.54, 1.807) is 18.2 Å². The lowest BCUT2D eigenvalue weighted by molar-refractivity contribution is 0.112. The van der Waals surface area contributed by atoms with Gasteiger partial charge in [-0.1, -0.05) is 17.4 Å². The first-order valence-electron chi connectivity index (χ1n) is 3.68. The molecule has 4 heteroatoms. The quantitative estimate of drug-likeness (QED) is 0.537. The largest absolute Gasteiger partial charge is 0.499 e. The molecule has 0 unspecified atom stereocenters. The second kappa shape index (κ2) is 2.74. The van der Waals surface area contributed by atoms with E-state index in [4.69, 9.17) is 5.73 Å². The molecule has 0 radical (unpaired) electrons. The molecule has 0 spiro atoms. The number of aldehydes is 1. The molecule has 1 heterocycles. The summed E-state index contributed by atoms with van der Waals surface area (Å²) < 4.78 is 0.766. The van der Waals surface area contributed by atoms with E-state index >= 15 is 0 Å². The Balaban J connectivity index is 2.85. The van der Waals surface area contributed by atoms with Crippen molar-refractivity contribution < 1.29 is 9.90 Å². The molecule has 0 aliphatic rings. The Morgan fingerprint density at radius 2 is 2.23 bits per heavy atom. The average molecular weight is 193 g/mol. The Labute approximate surface area is 78.4 Å². The maximum atomic E-state index is 10.5. The predicted octanol–water partition coefficient (Wildman–Crippen LogP) is 2.00. The zero-order valence-electron chi connectivity index (χ0n) is 6.65. The summed E-state index contributed by atoms with van der Waals surface area (Å²) in [6, 6.07) is 5.05. The molecule has 0 amide bonds. The summed E-state index contributed by atoms with van der Waals surface area (Å²) in [5.41, 5.74) is 6.62. The third-order valence-corrected chi connectivity index (χ3v) is 2.86. The van der Waals surface area contributed by atoms with Crippen LogP contribution in [0.3, 0.4) is 0 Å². The molecule has 2 aromatic rings. The number of benzene rings is 1. The number of carbonyl (C=O) groups is 1. The molecule has 3 N–H and O–H groups in total. The first kappa shape index (κ1) is 8.07. The highest BCUT2D eigenvalue weighted by atomic mass is 32.1. The molecular weight excluding hydrogens is 186 g/mol. The summed E-state index contributed by atoms with van der Waals surface area (Å²) in [4.78, 5) is 10.5. The Bertz CT molecular complexity index is 476. The first-order chi connectivity index (χ1) is 6.22. The van der Waals surface area contributed by atoms with Crippen molar-refractivity contribution >= 4 is 33.4 Å². The van der Waals surface area contributed by atoms with Gasteiger partial charge in [-0.15, -0.1) is 0 Å². The molecule has 66 valence electrons. The van der Waals surface area contributed by atoms with Crippen molar-refractivity contribution in [3.05, 3.63) is 23.8 Å². The molecule has 13 heavy (non-hydrogen) atoms. The fraction of sp³-hybridized carbons (Fsp3) is 0. The number of hydrogen-bond acceptors (Lipinski definition) is 4. The Morgan fingerprint density at radius 3 is 2.92 bits per heavy atom. The van der Waals surface area contributed by atoms with Crippen molar-refractivity contribution in [3.8, 4) is 5.06 Å². The number of thiophene rings is 1. The molecule has 3 nitrogen and oxygen atoms in total. The van der Waals surface area contributed by atoms with E-state index in [0.29, 0.717) is 17.5 Å². The second-order valence-electron chi connectivity index (χ2n) is 2.69. The van der Waals surface area contributed by atoms with E-state index in [1.165, 1.54) is 11.3 Å². The van der Waals surface area contributed by atoms with Crippen LogP contribution in [0, 0.1) is 0 Å². The Kier molecular flexibility index (Phi) is 1.70. The van der Waals surface area contributed by atoms with Gasteiger partial charge in [0.25, 0.3) is 0 Å². The van der Waals surface area contributed by atoms with Gasteiger partial charge >= 0.3 is 0 Å². The lowest BCUT2D eigenvalue weighted by Gasteiger charge is -1.97. The minimum Gasteiger partial charge on any atom is -0.499 e. The van der Waals surface area contributed by atoms with Gasteiger partial charge in [0, 0.05) is 5.56 Å². The number of rotatable bonds is 1. The molecule has 1 aromatic heterocycles. The Morgan fingerprint density at radius 1 is 1.46 bits per heavy atom. The summed E-state index contributed by atoms with van der Waals surface area (Å²) in [5.74, 6) is 0. The molecule has 0 saturated heterocycles. The molecule has 0 atom stereocenters. The van der Waals surface area contributed by atoms with E-state index in [2.05, 4.69) is 0 Å². The average Bonchev–Trinajstić information content (AvgIpc) is 2.47. The SMILES string of the molecule is Nc1c(C=O)ccc2cc(O)sc12. The zero-order valence-corrected chi connectivity index (χ0v) is 7.47. The first-order valence-corrected chi connectivity index (χ1v) is 4.50. The van der Waals surface area contributed by atoms with Gasteiger partial charge in [-0.3, -0.25) is 4.79 Å². The maximum absolute atomic E-state index is 10.5. The van der Waals surface area contributed by atoms with Gasteiger partial charge in [0.05, 0.1) is 10.4 Å². The van der Waals surface area contributed by atoms with Crippen molar-refractivity contribution in [1.82, 2.24) is 0 Å². The number of aromatic hydroxyl groups is 1. The smallest absolute Gasteiger partial charge is 0.172 e. The van der Waals surface area contributed by atoms with E-state index in [0.717, 1.165) is 10.1 Å². The van der Waals surface area contributed by atoms with Crippen molar-refractivity contribution in [2.24, 2.45) is 0 Å². The van der Waals surface area contributed by atoms with Gasteiger partial charge < -0.3 is 10.8 Å². The standard InChI is InChI=1S/C9H7NO2S/c10-8-6(4-11)2-1-5-3-7(12)13-9(5)8/h1-4,12H,10H2. The van der Waals surface area contributed by atoms with E-state index < -0.39 is 0 Å². The molecule has 0 fully saturated rings. The van der Waals surface area contributed by atoms with E-state index in [9.17, 15) is 9.90 Å². The summed E-state index contributed by atoms with van der Waals surface area (Å²) in [7, 11) is 0. The highest BCUT2D eigenvalue weighted by Gasteiger charge is 2.06. The minimum atomic E-state index is 0.213. The maximum Gasteiger partial charge on any atom is 0.172 e. The highest BCUT2D eigenvalue weighted by Crippen LogP contribution is 2.35. The molecule has 1 aromatic carbocycles. The number of nitrogen functional groups attached to an aromatic ring is 1. The fourth-order valence-corrected chi connectivity index (χ4v) is 2.10. The van der Waals surface area contributed by atoms with E-state index in [1.807, 2.05) is 0 Å². The third kappa shape index (κ3) is 1.15. The molecular formula is C9H7NO2S. The number of hydrogen-bond donors (Lipinski definition) is 2. The number of anilines is 1. The predicted molar refractivity (Wildman–Crippen MR) is 53.3 cm³/mol. The molecule has 0 aliphatic carbocycles. The number of fused-ring (bicyclic) bond motifs is 1. The van der Waals surface area contributed by atoms with Crippen LogP contribution < -0.4 is 5.73 Å². The van der Waals surface area contributed by atoms with Gasteiger partial charge in [-0.25, -0.2) is 0 Å². The van der Waals surface area contributed by atoms with Gasteiger partial charge in [0.1, 0.15) is 0 Å². The van der Waals surface area contributed by atoms with Crippen molar-refractivity contribution in [1.29, 1.82) is 0 Å². The van der Waals surface area contributed by atoms with Gasteiger partial charge in [-0.05, 0) is 17.5 Å². The number of carbonyl (C=O) groups excluding carboxylic acids is 1. The van der Waals surface area contributed by atoms with Crippen LogP contribution >= 0.6 is 11.3 Å². The highest BCUT2D eigenvalue weighted by molar-refractivity contribution is 7.21. The third-order valence-electron chi connectivity index (χ3n) is 1.87. The van der Waals surface area contributed by atoms with Gasteiger partial charge in [0.15, 0.2) is 11.3 Å². The van der Waals surface area contributed by atoms with E-state index in [-0.39, 0.29) is 5.06 Å². The van der Waals surface area contributed by atoms with Crippen LogP contribution in [-0.4, -0.2) is 11.4 Å². The topological polar surface area (TPSA) is 63.3 Å². The van der Waals surface area contributed by atoms with Crippen LogP contribution in [0.4, 0.5) is 5.69 Å². The minimum absolute atomic E-state index is 0.213. The normalized spacial score (nSPS) is 10.5. The summed E-state index contributed by atoms with van der Waals surface area (Å²) in [5, 5.41) is 10.3. The fourth-order valence-electron chi connectivity index (χ4n) is 1.23. The zero-order chi connectivity index (χ0) is 9.42. The van der Waals surface area contributed by atoms with Crippen LogP contribution in [0.15, 0.2) is 18.2 Å². The Hall–Kier alpha value is -1.55. The van der Waals surface area contributed by atoms with Crippen molar-refractivity contribution in [3.63, 3.8) is 0 Å². The van der Waals surface area contributed by atoms with Crippen LogP contribution in [0.1, 0.15) is 10.4 Å². The molecule has 0 aliphatic heterocycles. The molecule has 2 rings (SSSR count). The van der Waals surface area contributed by atoms with Crippen molar-refractivity contribution in [2.45, 2.75) is 0 Å². The summed E-state index contributed by atoms with van der Waals surface area (Å²) in [6.45, 7) is 0. The van der Waals surface area contributed by atoms with Crippen molar-refractivity contribution in [2.75, 3.05) is 5.73 Å². The van der Waals surface area contributed by atoms with Gasteiger partial charge in [0.2, 0.25) is 0 Å².